The number of rotatable bonds is 2. The zero-order valence-electron chi connectivity index (χ0n) is 10.2. The number of hydrogen-bond donors (Lipinski definition) is 1. The van der Waals surface area contributed by atoms with Crippen LogP contribution in [0.1, 0.15) is 37.1 Å². The van der Waals surface area contributed by atoms with Crippen molar-refractivity contribution in [2.75, 3.05) is 0 Å². The maximum Gasteiger partial charge on any atom is 0.250 e. The molecule has 18 heavy (non-hydrogen) atoms. The molecule has 1 N–H and O–H groups in total. The maximum atomic E-state index is 11.5. The Balaban J connectivity index is 2.16. The molecule has 1 heterocycles. The summed E-state index contributed by atoms with van der Waals surface area (Å²) in [7, 11) is 0. The fourth-order valence-corrected chi connectivity index (χ4v) is 3.01. The molecule has 0 aliphatic heterocycles. The van der Waals surface area contributed by atoms with Gasteiger partial charge in [-0.3, -0.25) is 4.79 Å². The van der Waals surface area contributed by atoms with Gasteiger partial charge in [0.15, 0.2) is 0 Å². The molecule has 3 nitrogen and oxygen atoms in total. The van der Waals surface area contributed by atoms with Crippen LogP contribution in [0.2, 0.25) is 0 Å². The molecule has 3 heteroatoms. The zero-order valence-corrected chi connectivity index (χ0v) is 10.2. The van der Waals surface area contributed by atoms with E-state index in [-0.39, 0.29) is 11.0 Å². The molecule has 0 unspecified atom stereocenters. The van der Waals surface area contributed by atoms with Gasteiger partial charge in [0.25, 0.3) is 5.56 Å². The molecule has 1 fully saturated rings. The van der Waals surface area contributed by atoms with Gasteiger partial charge in [0.2, 0.25) is 0 Å². The first-order chi connectivity index (χ1) is 8.81. The fourth-order valence-electron chi connectivity index (χ4n) is 3.01. The summed E-state index contributed by atoms with van der Waals surface area (Å²) in [5.41, 5.74) is 1.10. The van der Waals surface area contributed by atoms with Crippen molar-refractivity contribution in [1.29, 1.82) is 0 Å². The quantitative estimate of drug-likeness (QED) is 0.877. The lowest BCUT2D eigenvalue weighted by molar-refractivity contribution is 0.497. The maximum absolute atomic E-state index is 11.5. The van der Waals surface area contributed by atoms with Crippen molar-refractivity contribution in [2.45, 2.75) is 31.1 Å². The van der Waals surface area contributed by atoms with Crippen LogP contribution in [0, 0.1) is 0 Å². The third kappa shape index (κ3) is 1.76. The average Bonchev–Trinajstić information content (AvgIpc) is 2.90. The number of H-pyrrole nitrogens is 1. The summed E-state index contributed by atoms with van der Waals surface area (Å²) in [4.78, 5) is 18.9. The summed E-state index contributed by atoms with van der Waals surface area (Å²) >= 11 is 0. The van der Waals surface area contributed by atoms with Crippen molar-refractivity contribution in [3.05, 3.63) is 64.3 Å². The lowest BCUT2D eigenvalue weighted by atomic mass is 9.78. The molecular weight excluding hydrogens is 224 g/mol. The van der Waals surface area contributed by atoms with Gasteiger partial charge in [-0.2, -0.15) is 0 Å². The topological polar surface area (TPSA) is 45.8 Å². The Labute approximate surface area is 106 Å². The van der Waals surface area contributed by atoms with E-state index in [0.717, 1.165) is 18.7 Å². The Hall–Kier alpha value is -1.90. The number of aromatic amines is 1. The van der Waals surface area contributed by atoms with E-state index in [1.54, 1.807) is 6.20 Å². The number of hydrogen-bond acceptors (Lipinski definition) is 2. The van der Waals surface area contributed by atoms with E-state index in [9.17, 15) is 4.79 Å². The van der Waals surface area contributed by atoms with Gasteiger partial charge in [-0.05, 0) is 18.4 Å². The first kappa shape index (κ1) is 11.2. The van der Waals surface area contributed by atoms with E-state index >= 15 is 0 Å². The monoisotopic (exact) mass is 240 g/mol. The summed E-state index contributed by atoms with van der Waals surface area (Å²) in [5, 5.41) is 0. The van der Waals surface area contributed by atoms with E-state index < -0.39 is 0 Å². The van der Waals surface area contributed by atoms with Crippen LogP contribution in [0.25, 0.3) is 0 Å². The van der Waals surface area contributed by atoms with E-state index in [1.807, 2.05) is 6.07 Å². The smallest absolute Gasteiger partial charge is 0.250 e. The molecule has 0 spiro atoms. The minimum absolute atomic E-state index is 0.0674. The van der Waals surface area contributed by atoms with Gasteiger partial charge >= 0.3 is 0 Å². The summed E-state index contributed by atoms with van der Waals surface area (Å²) in [5.74, 6) is 0.818. The predicted octanol–water partition coefficient (Wildman–Crippen LogP) is 2.63. The van der Waals surface area contributed by atoms with Crippen LogP contribution in [0.5, 0.6) is 0 Å². The van der Waals surface area contributed by atoms with Gasteiger partial charge in [-0.1, -0.05) is 43.2 Å². The van der Waals surface area contributed by atoms with E-state index in [2.05, 4.69) is 34.2 Å². The second kappa shape index (κ2) is 4.41. The number of nitrogens with one attached hydrogen (secondary N) is 1. The van der Waals surface area contributed by atoms with Crippen molar-refractivity contribution in [3.8, 4) is 0 Å². The molecule has 3 rings (SSSR count). The summed E-state index contributed by atoms with van der Waals surface area (Å²) in [6, 6.07) is 11.9. The summed E-state index contributed by atoms with van der Waals surface area (Å²) < 4.78 is 0. The van der Waals surface area contributed by atoms with Crippen LogP contribution >= 0.6 is 0 Å². The van der Waals surface area contributed by atoms with Crippen molar-refractivity contribution < 1.29 is 0 Å². The van der Waals surface area contributed by atoms with Gasteiger partial charge in [-0.25, -0.2) is 4.98 Å². The molecular formula is C15H16N2O. The second-order valence-corrected chi connectivity index (χ2v) is 4.94. The number of benzene rings is 1. The second-order valence-electron chi connectivity index (χ2n) is 4.94. The van der Waals surface area contributed by atoms with Crippen LogP contribution in [0.4, 0.5) is 0 Å². The third-order valence-corrected chi connectivity index (χ3v) is 3.91. The van der Waals surface area contributed by atoms with Gasteiger partial charge in [0.05, 0.1) is 5.41 Å². The third-order valence-electron chi connectivity index (χ3n) is 3.91. The molecule has 0 saturated heterocycles. The number of aromatic nitrogens is 2. The molecule has 1 aliphatic rings. The minimum Gasteiger partial charge on any atom is -0.310 e. The van der Waals surface area contributed by atoms with Crippen LogP contribution in [-0.2, 0) is 5.41 Å². The van der Waals surface area contributed by atoms with Crippen molar-refractivity contribution in [2.24, 2.45) is 0 Å². The molecule has 0 radical (unpaired) electrons. The van der Waals surface area contributed by atoms with E-state index in [0.29, 0.717) is 0 Å². The summed E-state index contributed by atoms with van der Waals surface area (Å²) in [6.07, 6.45) is 6.10. The molecule has 1 saturated carbocycles. The average molecular weight is 240 g/mol. The molecule has 2 aromatic rings. The SMILES string of the molecule is O=c1ccnc(C2(c3ccccc3)CCCC2)[nH]1. The van der Waals surface area contributed by atoms with E-state index in [4.69, 9.17) is 0 Å². The molecule has 92 valence electrons. The van der Waals surface area contributed by atoms with Crippen LogP contribution < -0.4 is 5.56 Å². The molecule has 1 aromatic carbocycles. The fraction of sp³-hybridized carbons (Fsp3) is 0.333. The van der Waals surface area contributed by atoms with Gasteiger partial charge in [0, 0.05) is 12.3 Å². The first-order valence-corrected chi connectivity index (χ1v) is 6.43. The molecule has 0 bridgehead atoms. The molecule has 0 atom stereocenters. The zero-order chi connectivity index (χ0) is 12.4. The van der Waals surface area contributed by atoms with Gasteiger partial charge < -0.3 is 4.98 Å². The highest BCUT2D eigenvalue weighted by Crippen LogP contribution is 2.44. The summed E-state index contributed by atoms with van der Waals surface area (Å²) in [6.45, 7) is 0. The largest absolute Gasteiger partial charge is 0.310 e. The molecule has 1 aliphatic carbocycles. The Morgan fingerprint density at radius 1 is 1.06 bits per heavy atom. The highest BCUT2D eigenvalue weighted by Gasteiger charge is 2.39. The first-order valence-electron chi connectivity index (χ1n) is 6.43. The van der Waals surface area contributed by atoms with Crippen molar-refractivity contribution in [3.63, 3.8) is 0 Å². The van der Waals surface area contributed by atoms with Crippen LogP contribution in [0.15, 0.2) is 47.4 Å². The van der Waals surface area contributed by atoms with Crippen molar-refractivity contribution >= 4 is 0 Å². The van der Waals surface area contributed by atoms with Crippen LogP contribution in [-0.4, -0.2) is 9.97 Å². The standard InChI is InChI=1S/C15H16N2O/c18-13-8-11-16-14(17-13)15(9-4-5-10-15)12-6-2-1-3-7-12/h1-3,6-8,11H,4-5,9-10H2,(H,16,17,18). The van der Waals surface area contributed by atoms with Crippen LogP contribution in [0.3, 0.4) is 0 Å². The van der Waals surface area contributed by atoms with Gasteiger partial charge in [0.1, 0.15) is 5.82 Å². The highest BCUT2D eigenvalue weighted by atomic mass is 16.1. The minimum atomic E-state index is -0.0956. The highest BCUT2D eigenvalue weighted by molar-refractivity contribution is 5.33. The predicted molar refractivity (Wildman–Crippen MR) is 70.5 cm³/mol. The van der Waals surface area contributed by atoms with E-state index in [1.165, 1.54) is 24.5 Å². The van der Waals surface area contributed by atoms with Crippen molar-refractivity contribution in [1.82, 2.24) is 9.97 Å². The Bertz CT molecular complexity index is 583. The lowest BCUT2D eigenvalue weighted by Gasteiger charge is -2.28. The molecule has 0 amide bonds. The number of nitrogens with zero attached hydrogens (tertiary/aromatic N) is 1. The lowest BCUT2D eigenvalue weighted by Crippen LogP contribution is -2.29. The molecule has 1 aromatic heterocycles. The Morgan fingerprint density at radius 3 is 2.44 bits per heavy atom. The Morgan fingerprint density at radius 2 is 1.78 bits per heavy atom. The van der Waals surface area contributed by atoms with Gasteiger partial charge in [-0.15, -0.1) is 0 Å². The Kier molecular flexibility index (Phi) is 2.74. The normalized spacial score (nSPS) is 17.8.